The fourth-order valence-electron chi connectivity index (χ4n) is 7.38. The predicted molar refractivity (Wildman–Crippen MR) is 233 cm³/mol. The number of esters is 3. The van der Waals surface area contributed by atoms with Gasteiger partial charge in [0.25, 0.3) is 0 Å². The van der Waals surface area contributed by atoms with E-state index in [1.165, 1.54) is 180 Å². The lowest BCUT2D eigenvalue weighted by Gasteiger charge is -2.18. The van der Waals surface area contributed by atoms with E-state index in [9.17, 15) is 14.4 Å². The molecule has 0 radical (unpaired) electrons. The molecule has 0 heterocycles. The molecule has 0 unspecified atom stereocenters. The number of rotatable bonds is 45. The second-order valence-electron chi connectivity index (χ2n) is 16.7. The first-order valence-corrected chi connectivity index (χ1v) is 24.5. The van der Waals surface area contributed by atoms with Crippen LogP contribution in [-0.2, 0) is 28.6 Å². The highest BCUT2D eigenvalue weighted by atomic mass is 16.6. The summed E-state index contributed by atoms with van der Waals surface area (Å²) in [4.78, 5) is 37.7. The number of carbonyl (C=O) groups is 3. The van der Waals surface area contributed by atoms with Gasteiger partial charge in [0.1, 0.15) is 13.2 Å². The van der Waals surface area contributed by atoms with Crippen LogP contribution in [0.15, 0.2) is 0 Å². The van der Waals surface area contributed by atoms with Gasteiger partial charge in [-0.25, -0.2) is 0 Å². The minimum absolute atomic E-state index is 0.0627. The van der Waals surface area contributed by atoms with Crippen molar-refractivity contribution in [1.82, 2.24) is 0 Å². The van der Waals surface area contributed by atoms with E-state index in [4.69, 9.17) is 14.2 Å². The molecule has 0 rings (SSSR count). The van der Waals surface area contributed by atoms with Crippen molar-refractivity contribution < 1.29 is 28.6 Å². The first kappa shape index (κ1) is 53.4. The molecule has 0 amide bonds. The van der Waals surface area contributed by atoms with Crippen molar-refractivity contribution >= 4 is 17.9 Å². The van der Waals surface area contributed by atoms with Crippen molar-refractivity contribution in [2.24, 2.45) is 0 Å². The zero-order valence-corrected chi connectivity index (χ0v) is 37.2. The molecule has 0 aliphatic rings. The number of carbonyl (C=O) groups excluding carboxylic acids is 3. The predicted octanol–water partition coefficient (Wildman–Crippen LogP) is 15.6. The highest BCUT2D eigenvalue weighted by Gasteiger charge is 2.19. The molecule has 0 aliphatic heterocycles. The third kappa shape index (κ3) is 43.4. The zero-order chi connectivity index (χ0) is 40.1. The summed E-state index contributed by atoms with van der Waals surface area (Å²) in [6, 6.07) is 0. The number of unbranched alkanes of at least 4 members (excludes halogenated alkanes) is 34. The Morgan fingerprint density at radius 1 is 0.291 bits per heavy atom. The van der Waals surface area contributed by atoms with Crippen LogP contribution < -0.4 is 0 Å². The average molecular weight is 779 g/mol. The first-order chi connectivity index (χ1) is 27.0. The molecule has 6 heteroatoms. The van der Waals surface area contributed by atoms with Gasteiger partial charge >= 0.3 is 17.9 Å². The Morgan fingerprint density at radius 2 is 0.491 bits per heavy atom. The lowest BCUT2D eigenvalue weighted by molar-refractivity contribution is -0.167. The molecule has 0 aromatic rings. The van der Waals surface area contributed by atoms with E-state index in [0.29, 0.717) is 19.3 Å². The van der Waals surface area contributed by atoms with Gasteiger partial charge in [0.2, 0.25) is 0 Å². The molecular formula is C49H94O6. The average Bonchev–Trinajstić information content (AvgIpc) is 3.18. The van der Waals surface area contributed by atoms with Crippen molar-refractivity contribution in [1.29, 1.82) is 0 Å². The molecule has 0 N–H and O–H groups in total. The van der Waals surface area contributed by atoms with E-state index in [1.807, 2.05) is 0 Å². The topological polar surface area (TPSA) is 78.9 Å². The minimum Gasteiger partial charge on any atom is -0.462 e. The Kier molecular flexibility index (Phi) is 43.8. The molecule has 1 atom stereocenters. The molecule has 0 aromatic carbocycles. The Morgan fingerprint density at radius 3 is 0.727 bits per heavy atom. The standard InChI is InChI=1S/C49H94O6/c1-4-7-10-13-16-18-20-22-24-25-27-29-31-34-37-40-43-49(52)55-46(44-53-47(50)41-38-35-32-15-12-9-6-3)45-54-48(51)42-39-36-33-30-28-26-23-21-19-17-14-11-8-5-2/h46H,4-45H2,1-3H3/t46-/m1/s1. The van der Waals surface area contributed by atoms with E-state index >= 15 is 0 Å². The lowest BCUT2D eigenvalue weighted by atomic mass is 10.0. The van der Waals surface area contributed by atoms with Gasteiger partial charge < -0.3 is 14.2 Å². The van der Waals surface area contributed by atoms with Crippen molar-refractivity contribution in [3.05, 3.63) is 0 Å². The number of ether oxygens (including phenoxy) is 3. The smallest absolute Gasteiger partial charge is 0.306 e. The number of hydrogen-bond donors (Lipinski definition) is 0. The molecular weight excluding hydrogens is 685 g/mol. The van der Waals surface area contributed by atoms with E-state index < -0.39 is 6.10 Å². The van der Waals surface area contributed by atoms with Crippen LogP contribution in [0.1, 0.15) is 278 Å². The Balaban J connectivity index is 4.22. The fraction of sp³-hybridized carbons (Fsp3) is 0.939. The highest BCUT2D eigenvalue weighted by molar-refractivity contribution is 5.71. The normalized spacial score (nSPS) is 11.8. The summed E-state index contributed by atoms with van der Waals surface area (Å²) in [6.07, 6.45) is 46.7. The van der Waals surface area contributed by atoms with Crippen molar-refractivity contribution in [2.45, 2.75) is 284 Å². The molecule has 0 saturated carbocycles. The monoisotopic (exact) mass is 779 g/mol. The molecule has 0 spiro atoms. The quantitative estimate of drug-likeness (QED) is 0.0348. The second-order valence-corrected chi connectivity index (χ2v) is 16.7. The maximum Gasteiger partial charge on any atom is 0.306 e. The van der Waals surface area contributed by atoms with Gasteiger partial charge in [-0.15, -0.1) is 0 Å². The molecule has 0 fully saturated rings. The summed E-state index contributed by atoms with van der Waals surface area (Å²) >= 11 is 0. The molecule has 6 nitrogen and oxygen atoms in total. The van der Waals surface area contributed by atoms with Crippen LogP contribution in [0.3, 0.4) is 0 Å². The molecule has 0 aliphatic carbocycles. The van der Waals surface area contributed by atoms with Crippen LogP contribution in [0.25, 0.3) is 0 Å². The first-order valence-electron chi connectivity index (χ1n) is 24.5. The molecule has 0 bridgehead atoms. The molecule has 0 saturated heterocycles. The summed E-state index contributed by atoms with van der Waals surface area (Å²) in [5.74, 6) is -0.852. The molecule has 55 heavy (non-hydrogen) atoms. The molecule has 326 valence electrons. The maximum atomic E-state index is 12.7. The van der Waals surface area contributed by atoms with E-state index in [-0.39, 0.29) is 31.1 Å². The van der Waals surface area contributed by atoms with Crippen LogP contribution >= 0.6 is 0 Å². The Bertz CT molecular complexity index is 813. The van der Waals surface area contributed by atoms with Gasteiger partial charge in [-0.05, 0) is 19.3 Å². The maximum absolute atomic E-state index is 12.7. The minimum atomic E-state index is -0.758. The van der Waals surface area contributed by atoms with Gasteiger partial charge in [-0.2, -0.15) is 0 Å². The van der Waals surface area contributed by atoms with E-state index in [0.717, 1.165) is 57.8 Å². The van der Waals surface area contributed by atoms with Gasteiger partial charge in [-0.1, -0.05) is 239 Å². The Hall–Kier alpha value is -1.59. The van der Waals surface area contributed by atoms with Gasteiger partial charge in [0.15, 0.2) is 6.10 Å². The lowest BCUT2D eigenvalue weighted by Crippen LogP contribution is -2.30. The van der Waals surface area contributed by atoms with Crippen molar-refractivity contribution in [3.8, 4) is 0 Å². The number of hydrogen-bond acceptors (Lipinski definition) is 6. The van der Waals surface area contributed by atoms with Gasteiger partial charge in [0, 0.05) is 19.3 Å². The van der Waals surface area contributed by atoms with Crippen LogP contribution in [0.5, 0.6) is 0 Å². The Labute approximate surface area is 342 Å². The second kappa shape index (κ2) is 45.1. The highest BCUT2D eigenvalue weighted by Crippen LogP contribution is 2.16. The van der Waals surface area contributed by atoms with Crippen LogP contribution in [0, 0.1) is 0 Å². The third-order valence-electron chi connectivity index (χ3n) is 11.1. The van der Waals surface area contributed by atoms with Crippen LogP contribution in [-0.4, -0.2) is 37.2 Å². The van der Waals surface area contributed by atoms with Crippen LogP contribution in [0.4, 0.5) is 0 Å². The van der Waals surface area contributed by atoms with Crippen molar-refractivity contribution in [2.75, 3.05) is 13.2 Å². The summed E-state index contributed by atoms with van der Waals surface area (Å²) < 4.78 is 16.7. The van der Waals surface area contributed by atoms with Crippen LogP contribution in [0.2, 0.25) is 0 Å². The SMILES string of the molecule is CCCCCCCCCCCCCCCCCCC(=O)O[C@H](COC(=O)CCCCCCCCC)COC(=O)CCCCCCCCCCCCCCCC. The summed E-state index contributed by atoms with van der Waals surface area (Å²) in [7, 11) is 0. The fourth-order valence-corrected chi connectivity index (χ4v) is 7.38. The molecule has 0 aromatic heterocycles. The van der Waals surface area contributed by atoms with Gasteiger partial charge in [-0.3, -0.25) is 14.4 Å². The zero-order valence-electron chi connectivity index (χ0n) is 37.2. The van der Waals surface area contributed by atoms with E-state index in [2.05, 4.69) is 20.8 Å². The largest absolute Gasteiger partial charge is 0.462 e. The van der Waals surface area contributed by atoms with E-state index in [1.54, 1.807) is 0 Å². The van der Waals surface area contributed by atoms with Crippen molar-refractivity contribution in [3.63, 3.8) is 0 Å². The third-order valence-corrected chi connectivity index (χ3v) is 11.1. The summed E-state index contributed by atoms with van der Waals surface area (Å²) in [5, 5.41) is 0. The summed E-state index contributed by atoms with van der Waals surface area (Å²) in [6.45, 7) is 6.63. The summed E-state index contributed by atoms with van der Waals surface area (Å²) in [5.41, 5.74) is 0. The van der Waals surface area contributed by atoms with Gasteiger partial charge in [0.05, 0.1) is 0 Å².